The van der Waals surface area contributed by atoms with Crippen molar-refractivity contribution in [1.82, 2.24) is 4.98 Å². The second-order valence-corrected chi connectivity index (χ2v) is 3.43. The minimum Gasteiger partial charge on any atom is -0.359 e. The van der Waals surface area contributed by atoms with E-state index in [9.17, 15) is 4.79 Å². The first-order valence-electron chi connectivity index (χ1n) is 3.64. The molecule has 0 aliphatic carbocycles. The van der Waals surface area contributed by atoms with Gasteiger partial charge in [0, 0.05) is 17.1 Å². The Kier molecular flexibility index (Phi) is 2.02. The molecule has 0 unspecified atom stereocenters. The Labute approximate surface area is 84.5 Å². The van der Waals surface area contributed by atoms with Gasteiger partial charge < -0.3 is 4.98 Å². The van der Waals surface area contributed by atoms with E-state index in [2.05, 4.69) is 4.98 Å². The Bertz CT molecular complexity index is 476. The quantitative estimate of drug-likeness (QED) is 0.725. The van der Waals surface area contributed by atoms with Crippen LogP contribution in [0, 0.1) is 0 Å². The van der Waals surface area contributed by atoms with Gasteiger partial charge in [-0.25, -0.2) is 0 Å². The third kappa shape index (κ3) is 1.23. The largest absolute Gasteiger partial charge is 0.359 e. The first kappa shape index (κ1) is 8.60. The van der Waals surface area contributed by atoms with Crippen molar-refractivity contribution in [3.63, 3.8) is 0 Å². The van der Waals surface area contributed by atoms with Gasteiger partial charge in [-0.1, -0.05) is 29.3 Å². The van der Waals surface area contributed by atoms with Gasteiger partial charge in [0.2, 0.25) is 0 Å². The Balaban J connectivity index is 2.88. The van der Waals surface area contributed by atoms with Crippen LogP contribution in [-0.4, -0.2) is 11.3 Å². The maximum Gasteiger partial charge on any atom is 0.152 e. The number of carbonyl (C=O) groups is 1. The van der Waals surface area contributed by atoms with Crippen molar-refractivity contribution in [2.24, 2.45) is 0 Å². The number of hydrogen-bond acceptors (Lipinski definition) is 1. The Morgan fingerprint density at radius 2 is 2.08 bits per heavy atom. The number of aromatic nitrogens is 1. The topological polar surface area (TPSA) is 32.9 Å². The standard InChI is InChI=1S/C9H5Cl2NO/c10-7-2-1-6-5(4-13)3-12-9(6)8(7)11/h1-4,12H. The van der Waals surface area contributed by atoms with E-state index in [0.717, 1.165) is 11.7 Å². The number of rotatable bonds is 1. The number of carbonyl (C=O) groups excluding carboxylic acids is 1. The zero-order valence-corrected chi connectivity index (χ0v) is 7.99. The summed E-state index contributed by atoms with van der Waals surface area (Å²) in [6.07, 6.45) is 2.39. The normalized spacial score (nSPS) is 10.6. The van der Waals surface area contributed by atoms with Crippen LogP contribution < -0.4 is 0 Å². The van der Waals surface area contributed by atoms with E-state index >= 15 is 0 Å². The van der Waals surface area contributed by atoms with Crippen LogP contribution in [-0.2, 0) is 0 Å². The summed E-state index contributed by atoms with van der Waals surface area (Å²) in [5.74, 6) is 0. The van der Waals surface area contributed by atoms with Crippen molar-refractivity contribution >= 4 is 40.4 Å². The van der Waals surface area contributed by atoms with Gasteiger partial charge in [0.25, 0.3) is 0 Å². The molecule has 0 bridgehead atoms. The molecule has 0 aliphatic heterocycles. The molecule has 1 heterocycles. The van der Waals surface area contributed by atoms with Crippen molar-refractivity contribution in [2.45, 2.75) is 0 Å². The summed E-state index contributed by atoms with van der Waals surface area (Å²) < 4.78 is 0. The van der Waals surface area contributed by atoms with E-state index in [1.165, 1.54) is 0 Å². The zero-order chi connectivity index (χ0) is 9.42. The van der Waals surface area contributed by atoms with Crippen LogP contribution in [0.3, 0.4) is 0 Å². The lowest BCUT2D eigenvalue weighted by molar-refractivity contribution is 0.112. The molecule has 66 valence electrons. The highest BCUT2D eigenvalue weighted by molar-refractivity contribution is 6.45. The molecule has 2 rings (SSSR count). The smallest absolute Gasteiger partial charge is 0.152 e. The number of fused-ring (bicyclic) bond motifs is 1. The van der Waals surface area contributed by atoms with Gasteiger partial charge in [-0.3, -0.25) is 4.79 Å². The predicted molar refractivity (Wildman–Crippen MR) is 53.7 cm³/mol. The maximum absolute atomic E-state index is 10.6. The molecule has 0 atom stereocenters. The highest BCUT2D eigenvalue weighted by Crippen LogP contribution is 2.30. The molecule has 0 aliphatic rings. The average Bonchev–Trinajstić information content (AvgIpc) is 2.55. The minimum absolute atomic E-state index is 0.451. The molecular weight excluding hydrogens is 209 g/mol. The van der Waals surface area contributed by atoms with Gasteiger partial charge in [-0.15, -0.1) is 0 Å². The van der Waals surface area contributed by atoms with Crippen molar-refractivity contribution in [1.29, 1.82) is 0 Å². The molecule has 1 aromatic carbocycles. The Hall–Kier alpha value is -0.990. The molecule has 13 heavy (non-hydrogen) atoms. The SMILES string of the molecule is O=Cc1c[nH]c2c(Cl)c(Cl)ccc12. The van der Waals surface area contributed by atoms with Gasteiger partial charge in [-0.2, -0.15) is 0 Å². The van der Waals surface area contributed by atoms with Crippen LogP contribution in [0.1, 0.15) is 10.4 Å². The van der Waals surface area contributed by atoms with Gasteiger partial charge >= 0.3 is 0 Å². The van der Waals surface area contributed by atoms with E-state index in [0.29, 0.717) is 21.1 Å². The van der Waals surface area contributed by atoms with Crippen LogP contribution in [0.2, 0.25) is 10.0 Å². The number of aromatic amines is 1. The van der Waals surface area contributed by atoms with E-state index in [4.69, 9.17) is 23.2 Å². The molecule has 2 nitrogen and oxygen atoms in total. The van der Waals surface area contributed by atoms with Crippen LogP contribution >= 0.6 is 23.2 Å². The lowest BCUT2D eigenvalue weighted by Crippen LogP contribution is -1.75. The lowest BCUT2D eigenvalue weighted by atomic mass is 10.2. The third-order valence-corrected chi connectivity index (χ3v) is 2.71. The van der Waals surface area contributed by atoms with Crippen molar-refractivity contribution in [2.75, 3.05) is 0 Å². The van der Waals surface area contributed by atoms with Crippen LogP contribution in [0.5, 0.6) is 0 Å². The molecule has 4 heteroatoms. The van der Waals surface area contributed by atoms with Crippen LogP contribution in [0.4, 0.5) is 0 Å². The molecule has 0 spiro atoms. The number of H-pyrrole nitrogens is 1. The molecule has 0 saturated heterocycles. The van der Waals surface area contributed by atoms with E-state index < -0.39 is 0 Å². The summed E-state index contributed by atoms with van der Waals surface area (Å²) in [4.78, 5) is 13.5. The molecule has 2 aromatic rings. The van der Waals surface area contributed by atoms with Crippen molar-refractivity contribution in [3.8, 4) is 0 Å². The first-order valence-corrected chi connectivity index (χ1v) is 4.40. The van der Waals surface area contributed by atoms with E-state index in [1.807, 2.05) is 0 Å². The fourth-order valence-corrected chi connectivity index (χ4v) is 1.63. The number of aldehydes is 1. The Morgan fingerprint density at radius 1 is 1.31 bits per heavy atom. The number of nitrogens with one attached hydrogen (secondary N) is 1. The second-order valence-electron chi connectivity index (χ2n) is 2.65. The van der Waals surface area contributed by atoms with Crippen molar-refractivity contribution < 1.29 is 4.79 Å². The highest BCUT2D eigenvalue weighted by Gasteiger charge is 2.08. The summed E-state index contributed by atoms with van der Waals surface area (Å²) in [7, 11) is 0. The summed E-state index contributed by atoms with van der Waals surface area (Å²) in [6, 6.07) is 3.44. The van der Waals surface area contributed by atoms with Crippen LogP contribution in [0.25, 0.3) is 10.9 Å². The van der Waals surface area contributed by atoms with Gasteiger partial charge in [0.15, 0.2) is 6.29 Å². The van der Waals surface area contributed by atoms with E-state index in [1.54, 1.807) is 18.3 Å². The van der Waals surface area contributed by atoms with Gasteiger partial charge in [0.1, 0.15) is 0 Å². The number of halogens is 2. The predicted octanol–water partition coefficient (Wildman–Crippen LogP) is 3.29. The highest BCUT2D eigenvalue weighted by atomic mass is 35.5. The zero-order valence-electron chi connectivity index (χ0n) is 6.47. The summed E-state index contributed by atoms with van der Waals surface area (Å²) in [6.45, 7) is 0. The summed E-state index contributed by atoms with van der Waals surface area (Å²) in [5.41, 5.74) is 1.30. The van der Waals surface area contributed by atoms with Crippen molar-refractivity contribution in [3.05, 3.63) is 33.9 Å². The molecule has 0 radical (unpaired) electrons. The second kappa shape index (κ2) is 3.05. The number of hydrogen-bond donors (Lipinski definition) is 1. The molecule has 1 aromatic heterocycles. The molecule has 0 fully saturated rings. The molecule has 0 saturated carbocycles. The Morgan fingerprint density at radius 3 is 2.77 bits per heavy atom. The summed E-state index contributed by atoms with van der Waals surface area (Å²) >= 11 is 11.7. The minimum atomic E-state index is 0.451. The van der Waals surface area contributed by atoms with Gasteiger partial charge in [-0.05, 0) is 6.07 Å². The van der Waals surface area contributed by atoms with Crippen LogP contribution in [0.15, 0.2) is 18.3 Å². The number of benzene rings is 1. The average molecular weight is 214 g/mol. The third-order valence-electron chi connectivity index (χ3n) is 1.90. The summed E-state index contributed by atoms with van der Waals surface area (Å²) in [5, 5.41) is 1.73. The molecular formula is C9H5Cl2NO. The fourth-order valence-electron chi connectivity index (χ4n) is 1.26. The molecule has 0 amide bonds. The maximum atomic E-state index is 10.6. The monoisotopic (exact) mass is 213 g/mol. The molecule has 1 N–H and O–H groups in total. The fraction of sp³-hybridized carbons (Fsp3) is 0. The first-order chi connectivity index (χ1) is 6.24. The lowest BCUT2D eigenvalue weighted by Gasteiger charge is -1.96. The van der Waals surface area contributed by atoms with Gasteiger partial charge in [0.05, 0.1) is 15.6 Å². The van der Waals surface area contributed by atoms with E-state index in [-0.39, 0.29) is 0 Å².